The lowest BCUT2D eigenvalue weighted by atomic mass is 10.1. The molecular weight excluding hydrogens is 408 g/mol. The van der Waals surface area contributed by atoms with Crippen molar-refractivity contribution in [2.45, 2.75) is 33.1 Å². The van der Waals surface area contributed by atoms with E-state index in [4.69, 9.17) is 9.47 Å². The smallest absolute Gasteiger partial charge is 0.269 e. The highest BCUT2D eigenvalue weighted by molar-refractivity contribution is 5.57. The Morgan fingerprint density at radius 3 is 2.34 bits per heavy atom. The Hall–Kier alpha value is -3.78. The number of methoxy groups -OCH3 is 1. The molecule has 32 heavy (non-hydrogen) atoms. The number of nitro groups is 1. The van der Waals surface area contributed by atoms with E-state index in [1.54, 1.807) is 19.2 Å². The number of nitrogens with zero attached hydrogens (tertiary/aromatic N) is 3. The third kappa shape index (κ3) is 6.61. The van der Waals surface area contributed by atoms with Crippen molar-refractivity contribution in [2.24, 2.45) is 10.2 Å². The summed E-state index contributed by atoms with van der Waals surface area (Å²) in [7, 11) is 1.65. The molecule has 1 N–H and O–H groups in total. The van der Waals surface area contributed by atoms with Crippen molar-refractivity contribution in [2.75, 3.05) is 12.4 Å². The normalized spacial score (nSPS) is 11.1. The second-order valence-electron chi connectivity index (χ2n) is 7.38. The molecule has 0 amide bonds. The summed E-state index contributed by atoms with van der Waals surface area (Å²) in [6.07, 6.45) is 0.0744. The molecule has 0 heterocycles. The van der Waals surface area contributed by atoms with Crippen LogP contribution in [0.15, 0.2) is 77.0 Å². The van der Waals surface area contributed by atoms with Crippen LogP contribution in [0.3, 0.4) is 0 Å². The van der Waals surface area contributed by atoms with Gasteiger partial charge in [-0.3, -0.25) is 10.1 Å². The molecule has 0 aliphatic carbocycles. The Kier molecular flexibility index (Phi) is 7.88. The van der Waals surface area contributed by atoms with Crippen LogP contribution in [0.4, 0.5) is 22.7 Å². The van der Waals surface area contributed by atoms with Gasteiger partial charge in [-0.25, -0.2) is 0 Å². The van der Waals surface area contributed by atoms with Crippen LogP contribution in [0.1, 0.15) is 25.0 Å². The number of azo groups is 1. The van der Waals surface area contributed by atoms with Gasteiger partial charge in [0.25, 0.3) is 5.69 Å². The number of non-ortho nitro benzene ring substituents is 1. The predicted octanol–water partition coefficient (Wildman–Crippen LogP) is 6.56. The van der Waals surface area contributed by atoms with Crippen molar-refractivity contribution in [3.8, 4) is 5.75 Å². The topological polar surface area (TPSA) is 98.4 Å². The second-order valence-corrected chi connectivity index (χ2v) is 7.38. The minimum atomic E-state index is -0.444. The number of hydrogen-bond acceptors (Lipinski definition) is 7. The Morgan fingerprint density at radius 2 is 1.72 bits per heavy atom. The highest BCUT2D eigenvalue weighted by Gasteiger charge is 2.07. The first-order valence-corrected chi connectivity index (χ1v) is 10.2. The fraction of sp³-hybridized carbons (Fsp3) is 0.250. The Bertz CT molecular complexity index is 1060. The van der Waals surface area contributed by atoms with Crippen molar-refractivity contribution < 1.29 is 14.4 Å². The summed E-state index contributed by atoms with van der Waals surface area (Å²) in [5.41, 5.74) is 4.20. The number of anilines is 1. The van der Waals surface area contributed by atoms with Crippen molar-refractivity contribution in [1.29, 1.82) is 0 Å². The summed E-state index contributed by atoms with van der Waals surface area (Å²) >= 11 is 0. The number of ether oxygens (including phenoxy) is 2. The molecule has 0 saturated carbocycles. The average molecular weight is 434 g/mol. The molecule has 0 unspecified atom stereocenters. The van der Waals surface area contributed by atoms with Gasteiger partial charge in [-0.05, 0) is 61.9 Å². The maximum absolute atomic E-state index is 10.8. The molecule has 0 atom stereocenters. The molecule has 0 aliphatic heterocycles. The molecule has 0 aromatic heterocycles. The average Bonchev–Trinajstić information content (AvgIpc) is 2.81. The third-order valence-electron chi connectivity index (χ3n) is 4.64. The highest BCUT2D eigenvalue weighted by atomic mass is 16.6. The van der Waals surface area contributed by atoms with Gasteiger partial charge < -0.3 is 14.8 Å². The van der Waals surface area contributed by atoms with Gasteiger partial charge in [0, 0.05) is 29.9 Å². The van der Waals surface area contributed by atoms with Crippen LogP contribution in [-0.4, -0.2) is 18.1 Å². The molecule has 0 aliphatic rings. The predicted molar refractivity (Wildman–Crippen MR) is 124 cm³/mol. The number of nitro benzene ring substituents is 1. The SMILES string of the molecule is COc1ccc(CNc2ccc(N=Nc3ccc([N+](=O)[O-])cc3)c(COC(C)C)c2)cc1. The van der Waals surface area contributed by atoms with Crippen LogP contribution < -0.4 is 10.1 Å². The summed E-state index contributed by atoms with van der Waals surface area (Å²) < 4.78 is 11.0. The Labute approximate surface area is 187 Å². The van der Waals surface area contributed by atoms with Crippen LogP contribution >= 0.6 is 0 Å². The van der Waals surface area contributed by atoms with Crippen molar-refractivity contribution in [1.82, 2.24) is 0 Å². The zero-order chi connectivity index (χ0) is 22.9. The monoisotopic (exact) mass is 434 g/mol. The molecule has 166 valence electrons. The molecule has 0 radical (unpaired) electrons. The molecule has 8 heteroatoms. The molecule has 3 aromatic rings. The fourth-order valence-corrected chi connectivity index (χ4v) is 2.87. The molecule has 3 aromatic carbocycles. The van der Waals surface area contributed by atoms with E-state index < -0.39 is 4.92 Å². The maximum atomic E-state index is 10.8. The molecule has 8 nitrogen and oxygen atoms in total. The number of rotatable bonds is 10. The summed E-state index contributed by atoms with van der Waals surface area (Å²) in [6, 6.07) is 19.6. The van der Waals surface area contributed by atoms with Gasteiger partial charge in [0.05, 0.1) is 36.1 Å². The molecule has 0 fully saturated rings. The van der Waals surface area contributed by atoms with Crippen LogP contribution in [0.25, 0.3) is 0 Å². The summed E-state index contributed by atoms with van der Waals surface area (Å²) in [5.74, 6) is 0.824. The molecule has 0 spiro atoms. The van der Waals surface area contributed by atoms with Crippen LogP contribution in [0.5, 0.6) is 5.75 Å². The Balaban J connectivity index is 1.74. The lowest BCUT2D eigenvalue weighted by Crippen LogP contribution is -2.04. The van der Waals surface area contributed by atoms with E-state index >= 15 is 0 Å². The fourth-order valence-electron chi connectivity index (χ4n) is 2.87. The minimum Gasteiger partial charge on any atom is -0.497 e. The first-order valence-electron chi connectivity index (χ1n) is 10.2. The first-order chi connectivity index (χ1) is 15.4. The van der Waals surface area contributed by atoms with Gasteiger partial charge in [-0.1, -0.05) is 12.1 Å². The first kappa shape index (κ1) is 22.9. The van der Waals surface area contributed by atoms with E-state index in [2.05, 4.69) is 15.5 Å². The van der Waals surface area contributed by atoms with Crippen LogP contribution in [-0.2, 0) is 17.9 Å². The quantitative estimate of drug-likeness (QED) is 0.221. The zero-order valence-electron chi connectivity index (χ0n) is 18.3. The van der Waals surface area contributed by atoms with Gasteiger partial charge in [0.2, 0.25) is 0 Å². The second kappa shape index (κ2) is 11.0. The van der Waals surface area contributed by atoms with E-state index in [9.17, 15) is 10.1 Å². The standard InChI is InChI=1S/C24H26N4O4/c1-17(2)32-16-19-14-21(25-15-18-4-11-23(31-3)12-5-18)8-13-24(19)27-26-20-6-9-22(10-7-20)28(29)30/h4-14,17,25H,15-16H2,1-3H3. The minimum absolute atomic E-state index is 0.0160. The lowest BCUT2D eigenvalue weighted by Gasteiger charge is -2.13. The lowest BCUT2D eigenvalue weighted by molar-refractivity contribution is -0.384. The van der Waals surface area contributed by atoms with Crippen molar-refractivity contribution >= 4 is 22.7 Å². The van der Waals surface area contributed by atoms with E-state index in [0.717, 1.165) is 22.6 Å². The van der Waals surface area contributed by atoms with Gasteiger partial charge >= 0.3 is 0 Å². The molecular formula is C24H26N4O4. The Morgan fingerprint density at radius 1 is 1.00 bits per heavy atom. The van der Waals surface area contributed by atoms with Gasteiger partial charge in [-0.15, -0.1) is 0 Å². The summed E-state index contributed by atoms with van der Waals surface area (Å²) in [4.78, 5) is 10.3. The maximum Gasteiger partial charge on any atom is 0.269 e. The zero-order valence-corrected chi connectivity index (χ0v) is 18.3. The van der Waals surface area contributed by atoms with Gasteiger partial charge in [-0.2, -0.15) is 10.2 Å². The number of benzene rings is 3. The number of nitrogens with one attached hydrogen (secondary N) is 1. The third-order valence-corrected chi connectivity index (χ3v) is 4.64. The summed E-state index contributed by atoms with van der Waals surface area (Å²) in [5, 5.41) is 22.8. The van der Waals surface area contributed by atoms with Gasteiger partial charge in [0.1, 0.15) is 5.75 Å². The highest BCUT2D eigenvalue weighted by Crippen LogP contribution is 2.28. The number of hydrogen-bond donors (Lipinski definition) is 1. The van der Waals surface area contributed by atoms with E-state index in [1.165, 1.54) is 12.1 Å². The molecule has 0 saturated heterocycles. The molecule has 3 rings (SSSR count). The van der Waals surface area contributed by atoms with Crippen LogP contribution in [0.2, 0.25) is 0 Å². The van der Waals surface area contributed by atoms with E-state index in [1.807, 2.05) is 56.3 Å². The van der Waals surface area contributed by atoms with Crippen molar-refractivity contribution in [3.63, 3.8) is 0 Å². The van der Waals surface area contributed by atoms with E-state index in [-0.39, 0.29) is 11.8 Å². The largest absolute Gasteiger partial charge is 0.497 e. The summed E-state index contributed by atoms with van der Waals surface area (Å²) in [6.45, 7) is 5.01. The van der Waals surface area contributed by atoms with Crippen molar-refractivity contribution in [3.05, 3.63) is 88.0 Å². The van der Waals surface area contributed by atoms with Gasteiger partial charge in [0.15, 0.2) is 0 Å². The van der Waals surface area contributed by atoms with Crippen LogP contribution in [0, 0.1) is 10.1 Å². The van der Waals surface area contributed by atoms with E-state index in [0.29, 0.717) is 24.5 Å². The molecule has 0 bridgehead atoms.